The maximum Gasteiger partial charge on any atom is 0.178 e. The minimum Gasteiger partial charge on any atom is -0.389 e. The van der Waals surface area contributed by atoms with Crippen LogP contribution in [0.4, 0.5) is 0 Å². The molecular formula is C19H29N3O. The second-order valence-corrected chi connectivity index (χ2v) is 7.94. The van der Waals surface area contributed by atoms with Crippen LogP contribution in [0.15, 0.2) is 17.1 Å². The van der Waals surface area contributed by atoms with Gasteiger partial charge in [-0.25, -0.2) is 4.99 Å². The zero-order valence-corrected chi connectivity index (χ0v) is 15.0. The smallest absolute Gasteiger partial charge is 0.178 e. The third-order valence-electron chi connectivity index (χ3n) is 5.19. The van der Waals surface area contributed by atoms with Crippen LogP contribution in [0.3, 0.4) is 0 Å². The van der Waals surface area contributed by atoms with Gasteiger partial charge in [0.1, 0.15) is 0 Å². The van der Waals surface area contributed by atoms with Gasteiger partial charge in [-0.3, -0.25) is 4.90 Å². The summed E-state index contributed by atoms with van der Waals surface area (Å²) in [6, 6.07) is 4.21. The number of aryl methyl sites for hydroxylation is 1. The molecule has 2 atom stereocenters. The van der Waals surface area contributed by atoms with Crippen LogP contribution < -0.4 is 10.6 Å². The Morgan fingerprint density at radius 2 is 1.91 bits per heavy atom. The van der Waals surface area contributed by atoms with Crippen molar-refractivity contribution in [3.05, 3.63) is 33.8 Å². The van der Waals surface area contributed by atoms with E-state index in [-0.39, 0.29) is 6.29 Å². The molecule has 2 unspecified atom stereocenters. The Balaban J connectivity index is 1.99. The molecule has 2 aliphatic heterocycles. The Morgan fingerprint density at radius 1 is 1.26 bits per heavy atom. The lowest BCUT2D eigenvalue weighted by molar-refractivity contribution is 0.0441. The van der Waals surface area contributed by atoms with Gasteiger partial charge in [0.2, 0.25) is 0 Å². The first-order valence-corrected chi connectivity index (χ1v) is 8.61. The topological polar surface area (TPSA) is 39.1 Å². The molecule has 0 amide bonds. The summed E-state index contributed by atoms with van der Waals surface area (Å²) in [5.41, 5.74) is 2.54. The number of fused-ring (bicyclic) bond motifs is 1. The number of hydrogen-bond donors (Lipinski definition) is 1. The molecule has 1 saturated heterocycles. The van der Waals surface area contributed by atoms with Crippen LogP contribution in [0.25, 0.3) is 6.20 Å². The maximum absolute atomic E-state index is 10.1. The first kappa shape index (κ1) is 16.5. The third-order valence-corrected chi connectivity index (χ3v) is 5.19. The summed E-state index contributed by atoms with van der Waals surface area (Å²) in [4.78, 5) is 9.68. The first-order valence-electron chi connectivity index (χ1n) is 8.61. The van der Waals surface area contributed by atoms with Gasteiger partial charge >= 0.3 is 0 Å². The minimum atomic E-state index is -0.495. The first-order chi connectivity index (χ1) is 10.8. The van der Waals surface area contributed by atoms with Crippen molar-refractivity contribution >= 4 is 6.20 Å². The highest BCUT2D eigenvalue weighted by Crippen LogP contribution is 2.31. The van der Waals surface area contributed by atoms with Crippen LogP contribution in [0.1, 0.15) is 50.8 Å². The molecule has 0 radical (unpaired) electrons. The van der Waals surface area contributed by atoms with Crippen molar-refractivity contribution in [1.82, 2.24) is 9.80 Å². The van der Waals surface area contributed by atoms with Crippen LogP contribution in [-0.2, 0) is 0 Å². The largest absolute Gasteiger partial charge is 0.389 e. The molecular weight excluding hydrogens is 286 g/mol. The molecule has 3 rings (SSSR count). The normalized spacial score (nSPS) is 25.3. The second-order valence-electron chi connectivity index (χ2n) is 7.94. The predicted octanol–water partition coefficient (Wildman–Crippen LogP) is 1.76. The number of rotatable bonds is 2. The highest BCUT2D eigenvalue weighted by Gasteiger charge is 2.31. The molecule has 4 heteroatoms. The molecule has 0 spiro atoms. The monoisotopic (exact) mass is 315 g/mol. The lowest BCUT2D eigenvalue weighted by atomic mass is 9.83. The SMILES string of the molecule is Cc1cc(C(C)O)c2c(c1)=CN(C)C(N1CCC(C)(C)CC1)N=2. The van der Waals surface area contributed by atoms with E-state index in [2.05, 4.69) is 56.0 Å². The van der Waals surface area contributed by atoms with Gasteiger partial charge in [-0.1, -0.05) is 19.9 Å². The van der Waals surface area contributed by atoms with Crippen LogP contribution in [0.5, 0.6) is 0 Å². The van der Waals surface area contributed by atoms with Gasteiger partial charge in [0.15, 0.2) is 6.29 Å². The van der Waals surface area contributed by atoms with E-state index in [0.717, 1.165) is 34.8 Å². The quantitative estimate of drug-likeness (QED) is 0.904. The number of likely N-dealkylation sites (tertiary alicyclic amines) is 1. The van der Waals surface area contributed by atoms with Crippen molar-refractivity contribution in [1.29, 1.82) is 0 Å². The molecule has 23 heavy (non-hydrogen) atoms. The van der Waals surface area contributed by atoms with E-state index in [1.807, 2.05) is 6.92 Å². The molecule has 1 aromatic rings. The van der Waals surface area contributed by atoms with E-state index in [1.54, 1.807) is 0 Å². The van der Waals surface area contributed by atoms with E-state index in [4.69, 9.17) is 4.99 Å². The van der Waals surface area contributed by atoms with Crippen molar-refractivity contribution in [2.45, 2.75) is 52.9 Å². The van der Waals surface area contributed by atoms with Gasteiger partial charge in [0.25, 0.3) is 0 Å². The molecule has 2 heterocycles. The summed E-state index contributed by atoms with van der Waals surface area (Å²) < 4.78 is 0. The molecule has 1 fully saturated rings. The lowest BCUT2D eigenvalue weighted by Gasteiger charge is -2.42. The van der Waals surface area contributed by atoms with Gasteiger partial charge in [-0.2, -0.15) is 0 Å². The summed E-state index contributed by atoms with van der Waals surface area (Å²) in [5.74, 6) is 0. The fourth-order valence-electron chi connectivity index (χ4n) is 3.59. The van der Waals surface area contributed by atoms with E-state index >= 15 is 0 Å². The molecule has 0 bridgehead atoms. The van der Waals surface area contributed by atoms with Gasteiger partial charge in [0.05, 0.1) is 11.5 Å². The van der Waals surface area contributed by atoms with Crippen LogP contribution >= 0.6 is 0 Å². The fourth-order valence-corrected chi connectivity index (χ4v) is 3.59. The number of aliphatic hydroxyl groups excluding tert-OH is 1. The Labute approximate surface area is 139 Å². The van der Waals surface area contributed by atoms with Gasteiger partial charge in [0, 0.05) is 37.1 Å². The van der Waals surface area contributed by atoms with Crippen molar-refractivity contribution in [2.24, 2.45) is 10.4 Å². The van der Waals surface area contributed by atoms with Crippen molar-refractivity contribution in [3.8, 4) is 0 Å². The average Bonchev–Trinajstić information content (AvgIpc) is 2.46. The van der Waals surface area contributed by atoms with E-state index < -0.39 is 6.10 Å². The van der Waals surface area contributed by atoms with E-state index in [9.17, 15) is 5.11 Å². The zero-order chi connectivity index (χ0) is 16.8. The van der Waals surface area contributed by atoms with Gasteiger partial charge < -0.3 is 10.0 Å². The molecule has 1 N–H and O–H groups in total. The van der Waals surface area contributed by atoms with Crippen molar-refractivity contribution in [3.63, 3.8) is 0 Å². The molecule has 126 valence electrons. The Morgan fingerprint density at radius 3 is 2.52 bits per heavy atom. The maximum atomic E-state index is 10.1. The van der Waals surface area contributed by atoms with Gasteiger partial charge in [-0.05, 0) is 43.7 Å². The standard InChI is InChI=1S/C19H29N3O/c1-13-10-15-12-21(5)18(20-17(15)16(11-13)14(2)23)22-8-6-19(3,4)7-9-22/h10-12,14,18,23H,6-9H2,1-5H3. The minimum absolute atomic E-state index is 0.0406. The van der Waals surface area contributed by atoms with Crippen molar-refractivity contribution in [2.75, 3.05) is 20.1 Å². The molecule has 2 aliphatic rings. The molecule has 0 aliphatic carbocycles. The Bertz CT molecular complexity index is 698. The summed E-state index contributed by atoms with van der Waals surface area (Å²) in [7, 11) is 2.10. The number of piperidine rings is 1. The summed E-state index contributed by atoms with van der Waals surface area (Å²) >= 11 is 0. The third kappa shape index (κ3) is 3.29. The molecule has 0 aromatic heterocycles. The lowest BCUT2D eigenvalue weighted by Crippen LogP contribution is -2.53. The fraction of sp³-hybridized carbons (Fsp3) is 0.632. The summed E-state index contributed by atoms with van der Waals surface area (Å²) in [6.07, 6.45) is 4.13. The highest BCUT2D eigenvalue weighted by atomic mass is 16.3. The molecule has 4 nitrogen and oxygen atoms in total. The van der Waals surface area contributed by atoms with E-state index in [0.29, 0.717) is 5.41 Å². The number of benzene rings is 1. The van der Waals surface area contributed by atoms with Crippen LogP contribution in [0, 0.1) is 12.3 Å². The number of hydrogen-bond acceptors (Lipinski definition) is 4. The van der Waals surface area contributed by atoms with Crippen LogP contribution in [0.2, 0.25) is 0 Å². The zero-order valence-electron chi connectivity index (χ0n) is 15.0. The highest BCUT2D eigenvalue weighted by molar-refractivity contribution is 5.33. The van der Waals surface area contributed by atoms with E-state index in [1.165, 1.54) is 12.8 Å². The number of aliphatic hydroxyl groups is 1. The second kappa shape index (κ2) is 5.91. The summed E-state index contributed by atoms with van der Waals surface area (Å²) in [5, 5.41) is 12.2. The molecule has 1 aromatic carbocycles. The summed E-state index contributed by atoms with van der Waals surface area (Å²) in [6.45, 7) is 10.7. The van der Waals surface area contributed by atoms with Crippen molar-refractivity contribution < 1.29 is 5.11 Å². The Kier molecular flexibility index (Phi) is 4.23. The number of nitrogens with zero attached hydrogens (tertiary/aromatic N) is 3. The van der Waals surface area contributed by atoms with Crippen LogP contribution in [-0.4, -0.2) is 41.3 Å². The Hall–Kier alpha value is -1.39. The average molecular weight is 315 g/mol. The predicted molar refractivity (Wildman–Crippen MR) is 93.2 cm³/mol. The van der Waals surface area contributed by atoms with Gasteiger partial charge in [-0.15, -0.1) is 0 Å². The molecule has 0 saturated carbocycles.